The van der Waals surface area contributed by atoms with Gasteiger partial charge in [0.25, 0.3) is 5.91 Å². The molecule has 0 aromatic heterocycles. The summed E-state index contributed by atoms with van der Waals surface area (Å²) in [5.74, 6) is -0.0257. The second-order valence-electron chi connectivity index (χ2n) is 6.92. The molecule has 2 aliphatic heterocycles. The highest BCUT2D eigenvalue weighted by molar-refractivity contribution is 6.02. The van der Waals surface area contributed by atoms with Crippen LogP contribution in [0.3, 0.4) is 0 Å². The lowest BCUT2D eigenvalue weighted by Gasteiger charge is -2.44. The zero-order chi connectivity index (χ0) is 16.9. The van der Waals surface area contributed by atoms with Crippen molar-refractivity contribution in [3.63, 3.8) is 0 Å². The lowest BCUT2D eigenvalue weighted by Crippen LogP contribution is -2.49. The molecule has 2 saturated heterocycles. The summed E-state index contributed by atoms with van der Waals surface area (Å²) in [5, 5.41) is 2.31. The summed E-state index contributed by atoms with van der Waals surface area (Å²) >= 11 is 0. The molecule has 2 amide bonds. The first-order chi connectivity index (χ1) is 11.6. The van der Waals surface area contributed by atoms with E-state index in [1.54, 1.807) is 12.1 Å². The van der Waals surface area contributed by atoms with Crippen LogP contribution in [0.5, 0.6) is 0 Å². The summed E-state index contributed by atoms with van der Waals surface area (Å²) in [5.41, 5.74) is 1.54. The van der Waals surface area contributed by atoms with Crippen molar-refractivity contribution in [1.82, 2.24) is 10.2 Å². The number of piperidine rings is 2. The Hall–Kier alpha value is -1.88. The normalized spacial score (nSPS) is 24.0. The molecule has 2 heterocycles. The number of carbonyl (C=O) groups excluding carboxylic acids is 2. The van der Waals surface area contributed by atoms with Gasteiger partial charge in [-0.25, -0.2) is 4.79 Å². The Labute approximate surface area is 143 Å². The molecule has 1 aromatic carbocycles. The van der Waals surface area contributed by atoms with Crippen LogP contribution in [0, 0.1) is 12.8 Å². The van der Waals surface area contributed by atoms with Crippen LogP contribution in [0.2, 0.25) is 0 Å². The average molecular weight is 330 g/mol. The number of alkyl carbamates (subject to hydrolysis) is 1. The van der Waals surface area contributed by atoms with Crippen LogP contribution in [0.15, 0.2) is 24.3 Å². The molecule has 24 heavy (non-hydrogen) atoms. The van der Waals surface area contributed by atoms with Crippen molar-refractivity contribution in [1.29, 1.82) is 0 Å². The number of nitrogens with zero attached hydrogens (tertiary/aromatic N) is 1. The summed E-state index contributed by atoms with van der Waals surface area (Å²) in [4.78, 5) is 26.5. The van der Waals surface area contributed by atoms with Gasteiger partial charge in [-0.1, -0.05) is 24.1 Å². The fourth-order valence-electron chi connectivity index (χ4n) is 3.86. The Kier molecular flexibility index (Phi) is 5.51. The van der Waals surface area contributed by atoms with Gasteiger partial charge in [-0.05, 0) is 57.8 Å². The summed E-state index contributed by atoms with van der Waals surface area (Å²) < 4.78 is 5.35. The maximum atomic E-state index is 12.0. The first-order valence-corrected chi connectivity index (χ1v) is 8.92. The van der Waals surface area contributed by atoms with Gasteiger partial charge < -0.3 is 4.74 Å². The second kappa shape index (κ2) is 7.79. The number of carbonyl (C=O) groups is 2. The largest absolute Gasteiger partial charge is 0.449 e. The Morgan fingerprint density at radius 2 is 1.88 bits per heavy atom. The van der Waals surface area contributed by atoms with Gasteiger partial charge >= 0.3 is 6.09 Å². The molecule has 0 radical (unpaired) electrons. The molecular weight excluding hydrogens is 304 g/mol. The van der Waals surface area contributed by atoms with Gasteiger partial charge in [0.2, 0.25) is 0 Å². The Balaban J connectivity index is 1.48. The molecule has 2 atom stereocenters. The number of imide groups is 1. The van der Waals surface area contributed by atoms with Crippen molar-refractivity contribution in [2.75, 3.05) is 19.7 Å². The van der Waals surface area contributed by atoms with Gasteiger partial charge in [0, 0.05) is 17.5 Å². The van der Waals surface area contributed by atoms with Crippen molar-refractivity contribution in [3.8, 4) is 0 Å². The highest BCUT2D eigenvalue weighted by Crippen LogP contribution is 2.30. The van der Waals surface area contributed by atoms with Crippen LogP contribution >= 0.6 is 0 Å². The number of benzene rings is 1. The number of rotatable bonds is 3. The van der Waals surface area contributed by atoms with E-state index in [4.69, 9.17) is 4.74 Å². The van der Waals surface area contributed by atoms with E-state index in [1.165, 1.54) is 32.4 Å². The summed E-state index contributed by atoms with van der Waals surface area (Å²) in [6, 6.07) is 7.64. The van der Waals surface area contributed by atoms with E-state index >= 15 is 0 Å². The molecule has 0 unspecified atom stereocenters. The predicted octanol–water partition coefficient (Wildman–Crippen LogP) is 3.13. The van der Waals surface area contributed by atoms with Crippen LogP contribution in [-0.2, 0) is 4.74 Å². The molecule has 130 valence electrons. The molecule has 5 nitrogen and oxygen atoms in total. The quantitative estimate of drug-likeness (QED) is 0.925. The van der Waals surface area contributed by atoms with Gasteiger partial charge in [0.15, 0.2) is 0 Å². The van der Waals surface area contributed by atoms with Gasteiger partial charge in [-0.3, -0.25) is 15.0 Å². The molecule has 0 spiro atoms. The van der Waals surface area contributed by atoms with Gasteiger partial charge in [0.1, 0.15) is 0 Å². The van der Waals surface area contributed by atoms with E-state index in [0.29, 0.717) is 24.1 Å². The number of amides is 2. The lowest BCUT2D eigenvalue weighted by atomic mass is 9.84. The van der Waals surface area contributed by atoms with E-state index in [-0.39, 0.29) is 0 Å². The number of hydrogen-bond acceptors (Lipinski definition) is 4. The van der Waals surface area contributed by atoms with E-state index in [9.17, 15) is 9.59 Å². The highest BCUT2D eigenvalue weighted by Gasteiger charge is 2.33. The molecule has 3 rings (SSSR count). The number of fused-ring (bicyclic) bond motifs is 1. The molecular formula is C19H26N2O3. The number of hydrogen-bond donors (Lipinski definition) is 1. The van der Waals surface area contributed by atoms with Crippen molar-refractivity contribution in [2.45, 2.75) is 45.1 Å². The lowest BCUT2D eigenvalue weighted by molar-refractivity contribution is 0.0235. The monoisotopic (exact) mass is 330 g/mol. The highest BCUT2D eigenvalue weighted by atomic mass is 16.5. The first kappa shape index (κ1) is 17.0. The molecule has 0 aliphatic carbocycles. The minimum atomic E-state index is -0.645. The first-order valence-electron chi connectivity index (χ1n) is 8.92. The fraction of sp³-hybridized carbons (Fsp3) is 0.579. The zero-order valence-corrected chi connectivity index (χ0v) is 14.3. The number of nitrogens with one attached hydrogen (secondary N) is 1. The standard InChI is InChI=1S/C19H26N2O3/c1-14-7-9-15(10-8-14)18(22)20-19(23)24-13-16-5-4-12-21-11-3-2-6-17(16)21/h7-10,16-17H,2-6,11-13H2,1H3,(H,20,22,23)/t16-,17+/m1/s1. The van der Waals surface area contributed by atoms with Crippen LogP contribution < -0.4 is 5.32 Å². The maximum absolute atomic E-state index is 12.0. The Morgan fingerprint density at radius 3 is 2.67 bits per heavy atom. The predicted molar refractivity (Wildman–Crippen MR) is 91.9 cm³/mol. The number of aryl methyl sites for hydroxylation is 1. The molecule has 0 saturated carbocycles. The van der Waals surface area contributed by atoms with Crippen LogP contribution in [0.25, 0.3) is 0 Å². The molecule has 1 N–H and O–H groups in total. The van der Waals surface area contributed by atoms with E-state index in [0.717, 1.165) is 18.4 Å². The topological polar surface area (TPSA) is 58.6 Å². The molecule has 1 aromatic rings. The van der Waals surface area contributed by atoms with Crippen molar-refractivity contribution in [3.05, 3.63) is 35.4 Å². The third kappa shape index (κ3) is 4.15. The smallest absolute Gasteiger partial charge is 0.414 e. The van der Waals surface area contributed by atoms with Crippen molar-refractivity contribution < 1.29 is 14.3 Å². The van der Waals surface area contributed by atoms with Crippen molar-refractivity contribution >= 4 is 12.0 Å². The Bertz CT molecular complexity index is 583. The van der Waals surface area contributed by atoms with E-state index in [2.05, 4.69) is 10.2 Å². The SMILES string of the molecule is Cc1ccc(C(=O)NC(=O)OC[C@H]2CCCN3CCCC[C@@H]23)cc1. The number of ether oxygens (including phenoxy) is 1. The van der Waals surface area contributed by atoms with Gasteiger partial charge in [-0.2, -0.15) is 0 Å². The molecule has 5 heteroatoms. The average Bonchev–Trinajstić information content (AvgIpc) is 2.60. The van der Waals surface area contributed by atoms with Crippen LogP contribution in [0.1, 0.15) is 48.0 Å². The summed E-state index contributed by atoms with van der Waals surface area (Å²) in [7, 11) is 0. The fourth-order valence-corrected chi connectivity index (χ4v) is 3.86. The molecule has 0 bridgehead atoms. The maximum Gasteiger partial charge on any atom is 0.414 e. The zero-order valence-electron chi connectivity index (χ0n) is 14.3. The third-order valence-electron chi connectivity index (χ3n) is 5.19. The summed E-state index contributed by atoms with van der Waals surface area (Å²) in [6.07, 6.45) is 5.34. The van der Waals surface area contributed by atoms with Crippen LogP contribution in [0.4, 0.5) is 4.79 Å². The minimum Gasteiger partial charge on any atom is -0.449 e. The van der Waals surface area contributed by atoms with E-state index in [1.807, 2.05) is 19.1 Å². The minimum absolute atomic E-state index is 0.388. The van der Waals surface area contributed by atoms with Gasteiger partial charge in [0.05, 0.1) is 6.61 Å². The summed E-state index contributed by atoms with van der Waals surface area (Å²) in [6.45, 7) is 4.68. The molecule has 2 fully saturated rings. The Morgan fingerprint density at radius 1 is 1.12 bits per heavy atom. The van der Waals surface area contributed by atoms with Crippen molar-refractivity contribution in [2.24, 2.45) is 5.92 Å². The third-order valence-corrected chi connectivity index (χ3v) is 5.19. The molecule has 2 aliphatic rings. The second-order valence-corrected chi connectivity index (χ2v) is 6.92. The van der Waals surface area contributed by atoms with Gasteiger partial charge in [-0.15, -0.1) is 0 Å². The van der Waals surface area contributed by atoms with E-state index < -0.39 is 12.0 Å². The van der Waals surface area contributed by atoms with Crippen LogP contribution in [-0.4, -0.2) is 42.6 Å².